The zero-order chi connectivity index (χ0) is 11.6. The third-order valence-corrected chi connectivity index (χ3v) is 2.67. The molecule has 0 spiro atoms. The molecular formula is C11H20N2O2. The van der Waals surface area contributed by atoms with Gasteiger partial charge in [0.05, 0.1) is 0 Å². The van der Waals surface area contributed by atoms with E-state index in [0.717, 1.165) is 13.1 Å². The van der Waals surface area contributed by atoms with Crippen molar-refractivity contribution in [2.45, 2.75) is 20.8 Å². The van der Waals surface area contributed by atoms with Crippen molar-refractivity contribution in [3.05, 3.63) is 0 Å². The van der Waals surface area contributed by atoms with Crippen molar-refractivity contribution in [2.75, 3.05) is 33.2 Å². The second-order valence-corrected chi connectivity index (χ2v) is 5.17. The molecule has 1 saturated heterocycles. The highest BCUT2D eigenvalue weighted by Crippen LogP contribution is 2.16. The fourth-order valence-corrected chi connectivity index (χ4v) is 1.47. The molecule has 4 nitrogen and oxygen atoms in total. The zero-order valence-electron chi connectivity index (χ0n) is 10.0. The highest BCUT2D eigenvalue weighted by Gasteiger charge is 2.32. The lowest BCUT2D eigenvalue weighted by Gasteiger charge is -2.33. The molecular weight excluding hydrogens is 192 g/mol. The summed E-state index contributed by atoms with van der Waals surface area (Å²) in [6.45, 7) is 8.37. The van der Waals surface area contributed by atoms with Gasteiger partial charge in [-0.3, -0.25) is 9.59 Å². The number of nitrogens with zero attached hydrogens (tertiary/aromatic N) is 2. The average Bonchev–Trinajstić information content (AvgIpc) is 2.15. The number of amides is 1. The molecule has 1 heterocycles. The second kappa shape index (κ2) is 4.31. The summed E-state index contributed by atoms with van der Waals surface area (Å²) in [5.74, 6) is -0.609. The van der Waals surface area contributed by atoms with Crippen molar-refractivity contribution in [3.8, 4) is 0 Å². The molecule has 0 aromatic rings. The van der Waals surface area contributed by atoms with Crippen LogP contribution in [0.1, 0.15) is 20.8 Å². The first-order valence-electron chi connectivity index (χ1n) is 5.34. The Kier molecular flexibility index (Phi) is 3.50. The number of piperazine rings is 1. The Bertz CT molecular complexity index is 260. The van der Waals surface area contributed by atoms with Crippen LogP contribution in [-0.2, 0) is 9.59 Å². The molecule has 15 heavy (non-hydrogen) atoms. The molecule has 1 rings (SSSR count). The summed E-state index contributed by atoms with van der Waals surface area (Å²) in [6.07, 6.45) is 0. The van der Waals surface area contributed by atoms with Crippen molar-refractivity contribution >= 4 is 11.7 Å². The van der Waals surface area contributed by atoms with Crippen LogP contribution < -0.4 is 0 Å². The number of hydrogen-bond donors (Lipinski definition) is 0. The third-order valence-electron chi connectivity index (χ3n) is 2.67. The fourth-order valence-electron chi connectivity index (χ4n) is 1.47. The first kappa shape index (κ1) is 12.2. The molecule has 0 unspecified atom stereocenters. The molecule has 4 heteroatoms. The molecule has 1 amide bonds. The van der Waals surface area contributed by atoms with Crippen LogP contribution in [0, 0.1) is 5.41 Å². The summed E-state index contributed by atoms with van der Waals surface area (Å²) >= 11 is 0. The predicted octanol–water partition coefficient (Wildman–Crippen LogP) is 0.376. The van der Waals surface area contributed by atoms with Crippen molar-refractivity contribution in [2.24, 2.45) is 5.41 Å². The van der Waals surface area contributed by atoms with Gasteiger partial charge in [0.25, 0.3) is 5.91 Å². The van der Waals surface area contributed by atoms with Crippen molar-refractivity contribution in [1.29, 1.82) is 0 Å². The van der Waals surface area contributed by atoms with Gasteiger partial charge in [0.1, 0.15) is 0 Å². The molecule has 1 aliphatic heterocycles. The lowest BCUT2D eigenvalue weighted by molar-refractivity contribution is -0.149. The largest absolute Gasteiger partial charge is 0.334 e. The van der Waals surface area contributed by atoms with E-state index in [1.807, 2.05) is 7.05 Å². The topological polar surface area (TPSA) is 40.6 Å². The zero-order valence-corrected chi connectivity index (χ0v) is 10.0. The number of Topliss-reactive ketones (excluding diaryl/α,β-unsaturated/α-hetero) is 1. The standard InChI is InChI=1S/C11H20N2O2/c1-11(2,3)9(14)10(15)13-7-5-12(4)6-8-13/h5-8H2,1-4H3. The van der Waals surface area contributed by atoms with Crippen LogP contribution in [0.4, 0.5) is 0 Å². The molecule has 0 aliphatic carbocycles. The monoisotopic (exact) mass is 212 g/mol. The molecule has 86 valence electrons. The number of carbonyl (C=O) groups is 2. The SMILES string of the molecule is CN1CCN(C(=O)C(=O)C(C)(C)C)CC1. The van der Waals surface area contributed by atoms with Crippen LogP contribution in [0.5, 0.6) is 0 Å². The van der Waals surface area contributed by atoms with Gasteiger partial charge >= 0.3 is 0 Å². The van der Waals surface area contributed by atoms with E-state index in [9.17, 15) is 9.59 Å². The molecule has 1 aliphatic rings. The van der Waals surface area contributed by atoms with Gasteiger partial charge in [-0.15, -0.1) is 0 Å². The lowest BCUT2D eigenvalue weighted by Crippen LogP contribution is -2.51. The Balaban J connectivity index is 2.58. The number of carbonyl (C=O) groups excluding carboxylic acids is 2. The van der Waals surface area contributed by atoms with Gasteiger partial charge in [-0.2, -0.15) is 0 Å². The Morgan fingerprint density at radius 3 is 1.87 bits per heavy atom. The normalized spacial score (nSPS) is 19.1. The quantitative estimate of drug-likeness (QED) is 0.590. The van der Waals surface area contributed by atoms with Crippen LogP contribution in [0.25, 0.3) is 0 Å². The van der Waals surface area contributed by atoms with Crippen molar-refractivity contribution in [3.63, 3.8) is 0 Å². The van der Waals surface area contributed by atoms with Gasteiger partial charge in [0, 0.05) is 31.6 Å². The maximum atomic E-state index is 11.8. The van der Waals surface area contributed by atoms with E-state index in [0.29, 0.717) is 13.1 Å². The Morgan fingerprint density at radius 2 is 1.47 bits per heavy atom. The van der Waals surface area contributed by atoms with Gasteiger partial charge in [-0.25, -0.2) is 0 Å². The smallest absolute Gasteiger partial charge is 0.290 e. The van der Waals surface area contributed by atoms with E-state index in [4.69, 9.17) is 0 Å². The van der Waals surface area contributed by atoms with Crippen molar-refractivity contribution < 1.29 is 9.59 Å². The van der Waals surface area contributed by atoms with Crippen molar-refractivity contribution in [1.82, 2.24) is 9.80 Å². The van der Waals surface area contributed by atoms with E-state index in [1.165, 1.54) is 0 Å². The van der Waals surface area contributed by atoms with Gasteiger partial charge in [0.15, 0.2) is 0 Å². The lowest BCUT2D eigenvalue weighted by atomic mass is 9.90. The number of likely N-dealkylation sites (N-methyl/N-ethyl adjacent to an activating group) is 1. The van der Waals surface area contributed by atoms with Crippen LogP contribution in [0.3, 0.4) is 0 Å². The third kappa shape index (κ3) is 3.02. The van der Waals surface area contributed by atoms with Crippen LogP contribution in [0.2, 0.25) is 0 Å². The molecule has 0 bridgehead atoms. The molecule has 0 saturated carbocycles. The van der Waals surface area contributed by atoms with Gasteiger partial charge in [-0.05, 0) is 7.05 Å². The minimum absolute atomic E-state index is 0.285. The van der Waals surface area contributed by atoms with E-state index in [1.54, 1.807) is 25.7 Å². The number of ketones is 1. The summed E-state index contributed by atoms with van der Waals surface area (Å²) in [6, 6.07) is 0. The predicted molar refractivity (Wildman–Crippen MR) is 58.5 cm³/mol. The molecule has 0 N–H and O–H groups in total. The highest BCUT2D eigenvalue weighted by molar-refractivity contribution is 6.37. The van der Waals surface area contributed by atoms with Gasteiger partial charge < -0.3 is 9.80 Å². The summed E-state index contributed by atoms with van der Waals surface area (Å²) in [5.41, 5.74) is -0.569. The molecule has 1 fully saturated rings. The minimum atomic E-state index is -0.569. The van der Waals surface area contributed by atoms with Gasteiger partial charge in [-0.1, -0.05) is 20.8 Å². The summed E-state index contributed by atoms with van der Waals surface area (Å²) in [5, 5.41) is 0. The maximum Gasteiger partial charge on any atom is 0.290 e. The van der Waals surface area contributed by atoms with Crippen LogP contribution in [-0.4, -0.2) is 54.7 Å². The van der Waals surface area contributed by atoms with E-state index >= 15 is 0 Å². The van der Waals surface area contributed by atoms with Crippen LogP contribution >= 0.6 is 0 Å². The Labute approximate surface area is 91.2 Å². The second-order valence-electron chi connectivity index (χ2n) is 5.17. The molecule has 0 aromatic heterocycles. The minimum Gasteiger partial charge on any atom is -0.334 e. The first-order chi connectivity index (χ1) is 6.82. The molecule has 0 radical (unpaired) electrons. The summed E-state index contributed by atoms with van der Waals surface area (Å²) < 4.78 is 0. The van der Waals surface area contributed by atoms with E-state index < -0.39 is 5.41 Å². The van der Waals surface area contributed by atoms with E-state index in [2.05, 4.69) is 4.90 Å². The van der Waals surface area contributed by atoms with Crippen LogP contribution in [0.15, 0.2) is 0 Å². The molecule has 0 aromatic carbocycles. The first-order valence-corrected chi connectivity index (χ1v) is 5.34. The maximum absolute atomic E-state index is 11.8. The number of rotatable bonds is 1. The van der Waals surface area contributed by atoms with Gasteiger partial charge in [0.2, 0.25) is 5.78 Å². The van der Waals surface area contributed by atoms with E-state index in [-0.39, 0.29) is 11.7 Å². The fraction of sp³-hybridized carbons (Fsp3) is 0.818. The number of hydrogen-bond acceptors (Lipinski definition) is 3. The average molecular weight is 212 g/mol. The summed E-state index contributed by atoms with van der Waals surface area (Å²) in [7, 11) is 2.02. The Hall–Kier alpha value is -0.900. The Morgan fingerprint density at radius 1 is 1.00 bits per heavy atom. The summed E-state index contributed by atoms with van der Waals surface area (Å²) in [4.78, 5) is 27.4. The highest BCUT2D eigenvalue weighted by atomic mass is 16.2. The molecule has 0 atom stereocenters.